The van der Waals surface area contributed by atoms with E-state index in [-0.39, 0.29) is 6.04 Å². The van der Waals surface area contributed by atoms with Crippen LogP contribution in [0.5, 0.6) is 5.75 Å². The highest BCUT2D eigenvalue weighted by atomic mass is 16.3. The summed E-state index contributed by atoms with van der Waals surface area (Å²) in [5.74, 6) is 0.307. The van der Waals surface area contributed by atoms with Crippen LogP contribution in [-0.4, -0.2) is 11.1 Å². The molecule has 1 aliphatic carbocycles. The Morgan fingerprint density at radius 3 is 2.82 bits per heavy atom. The molecule has 1 aliphatic heterocycles. The van der Waals surface area contributed by atoms with Crippen molar-refractivity contribution < 1.29 is 5.11 Å². The van der Waals surface area contributed by atoms with E-state index in [0.717, 1.165) is 5.69 Å². The van der Waals surface area contributed by atoms with Crippen molar-refractivity contribution in [1.29, 1.82) is 0 Å². The molecule has 1 aromatic rings. The topological polar surface area (TPSA) is 23.5 Å². The standard InChI is InChI=1S/C15H13NO/c17-15-10-4-3-9-14(15)16-11-5-7-12-6-1-2-8-13(12)16/h1-11,13,17H. The minimum absolute atomic E-state index is 0.179. The lowest BCUT2D eigenvalue weighted by Crippen LogP contribution is -2.32. The molecule has 84 valence electrons. The van der Waals surface area contributed by atoms with Gasteiger partial charge >= 0.3 is 0 Å². The molecule has 0 aromatic heterocycles. The summed E-state index contributed by atoms with van der Waals surface area (Å²) < 4.78 is 0. The molecule has 1 heterocycles. The van der Waals surface area contributed by atoms with Gasteiger partial charge in [0.15, 0.2) is 0 Å². The molecule has 0 amide bonds. The largest absolute Gasteiger partial charge is 0.506 e. The lowest BCUT2D eigenvalue weighted by atomic mass is 9.97. The average molecular weight is 223 g/mol. The molecule has 2 nitrogen and oxygen atoms in total. The van der Waals surface area contributed by atoms with Crippen LogP contribution < -0.4 is 4.90 Å². The van der Waals surface area contributed by atoms with Crippen LogP contribution in [0.25, 0.3) is 0 Å². The van der Waals surface area contributed by atoms with Crippen molar-refractivity contribution in [2.75, 3.05) is 4.90 Å². The van der Waals surface area contributed by atoms with Gasteiger partial charge in [-0.3, -0.25) is 0 Å². The lowest BCUT2D eigenvalue weighted by Gasteiger charge is -2.33. The third-order valence-corrected chi connectivity index (χ3v) is 3.03. The second-order valence-electron chi connectivity index (χ2n) is 4.09. The van der Waals surface area contributed by atoms with E-state index in [1.165, 1.54) is 5.57 Å². The maximum absolute atomic E-state index is 9.92. The van der Waals surface area contributed by atoms with Crippen molar-refractivity contribution in [3.8, 4) is 5.75 Å². The molecule has 0 saturated heterocycles. The molecule has 17 heavy (non-hydrogen) atoms. The number of phenols is 1. The van der Waals surface area contributed by atoms with Gasteiger partial charge in [-0.15, -0.1) is 0 Å². The molecule has 1 aromatic carbocycles. The number of para-hydroxylation sites is 2. The number of benzene rings is 1. The first-order valence-electron chi connectivity index (χ1n) is 5.66. The smallest absolute Gasteiger partial charge is 0.139 e. The molecule has 1 atom stereocenters. The van der Waals surface area contributed by atoms with Crippen LogP contribution in [0.2, 0.25) is 0 Å². The van der Waals surface area contributed by atoms with Crippen molar-refractivity contribution in [2.24, 2.45) is 0 Å². The van der Waals surface area contributed by atoms with Gasteiger partial charge in [-0.2, -0.15) is 0 Å². The Bertz CT molecular complexity index is 552. The third kappa shape index (κ3) is 1.68. The van der Waals surface area contributed by atoms with Gasteiger partial charge in [0.25, 0.3) is 0 Å². The lowest BCUT2D eigenvalue weighted by molar-refractivity contribution is 0.475. The Morgan fingerprint density at radius 2 is 1.94 bits per heavy atom. The Balaban J connectivity index is 2.03. The van der Waals surface area contributed by atoms with Crippen LogP contribution in [-0.2, 0) is 0 Å². The number of allylic oxidation sites excluding steroid dienone is 4. The van der Waals surface area contributed by atoms with E-state index >= 15 is 0 Å². The van der Waals surface area contributed by atoms with Crippen molar-refractivity contribution in [1.82, 2.24) is 0 Å². The molecule has 0 fully saturated rings. The van der Waals surface area contributed by atoms with E-state index in [1.54, 1.807) is 6.07 Å². The van der Waals surface area contributed by atoms with Gasteiger partial charge in [-0.1, -0.05) is 42.5 Å². The molecular weight excluding hydrogens is 210 g/mol. The number of anilines is 1. The number of fused-ring (bicyclic) bond motifs is 1. The van der Waals surface area contributed by atoms with Crippen LogP contribution in [0.4, 0.5) is 5.69 Å². The minimum Gasteiger partial charge on any atom is -0.506 e. The summed E-state index contributed by atoms with van der Waals surface area (Å²) in [5, 5.41) is 9.92. The van der Waals surface area contributed by atoms with Crippen molar-refractivity contribution in [3.63, 3.8) is 0 Å². The molecule has 1 N–H and O–H groups in total. The van der Waals surface area contributed by atoms with Gasteiger partial charge in [-0.25, -0.2) is 0 Å². The van der Waals surface area contributed by atoms with Gasteiger partial charge in [0.1, 0.15) is 5.75 Å². The Labute approximate surface area is 100 Å². The van der Waals surface area contributed by atoms with E-state index in [2.05, 4.69) is 23.1 Å². The number of phenolic OH excluding ortho intramolecular Hbond substituents is 1. The highest BCUT2D eigenvalue weighted by molar-refractivity contribution is 5.65. The molecular formula is C15H13NO. The van der Waals surface area contributed by atoms with E-state index in [4.69, 9.17) is 0 Å². The van der Waals surface area contributed by atoms with Crippen LogP contribution in [0.3, 0.4) is 0 Å². The van der Waals surface area contributed by atoms with Gasteiger partial charge in [0, 0.05) is 6.20 Å². The number of nitrogens with zero attached hydrogens (tertiary/aromatic N) is 1. The zero-order chi connectivity index (χ0) is 11.7. The molecule has 3 rings (SSSR count). The van der Waals surface area contributed by atoms with Gasteiger partial charge < -0.3 is 10.0 Å². The zero-order valence-electron chi connectivity index (χ0n) is 9.32. The van der Waals surface area contributed by atoms with Gasteiger partial charge in [0.2, 0.25) is 0 Å². The van der Waals surface area contributed by atoms with E-state index in [1.807, 2.05) is 42.6 Å². The summed E-state index contributed by atoms with van der Waals surface area (Å²) in [6.45, 7) is 0. The van der Waals surface area contributed by atoms with E-state index < -0.39 is 0 Å². The number of aromatic hydroxyl groups is 1. The highest BCUT2D eigenvalue weighted by Crippen LogP contribution is 2.33. The maximum atomic E-state index is 9.92. The SMILES string of the molecule is Oc1ccccc1N1C=CC=C2C=CC=CC21. The summed E-state index contributed by atoms with van der Waals surface area (Å²) in [4.78, 5) is 2.07. The second kappa shape index (κ2) is 3.98. The predicted octanol–water partition coefficient (Wildman–Crippen LogP) is 3.15. The normalized spacial score (nSPS) is 21.3. The van der Waals surface area contributed by atoms with Crippen molar-refractivity contribution in [2.45, 2.75) is 6.04 Å². The number of hydrogen-bond donors (Lipinski definition) is 1. The van der Waals surface area contributed by atoms with E-state index in [0.29, 0.717) is 5.75 Å². The number of hydrogen-bond acceptors (Lipinski definition) is 2. The third-order valence-electron chi connectivity index (χ3n) is 3.03. The first-order chi connectivity index (χ1) is 8.36. The van der Waals surface area contributed by atoms with Crippen molar-refractivity contribution in [3.05, 3.63) is 72.5 Å². The maximum Gasteiger partial charge on any atom is 0.139 e. The van der Waals surface area contributed by atoms with Gasteiger partial charge in [0.05, 0.1) is 11.7 Å². The van der Waals surface area contributed by atoms with Crippen LogP contribution in [0.1, 0.15) is 0 Å². The zero-order valence-corrected chi connectivity index (χ0v) is 9.32. The fraction of sp³-hybridized carbons (Fsp3) is 0.0667. The Morgan fingerprint density at radius 1 is 1.06 bits per heavy atom. The summed E-state index contributed by atoms with van der Waals surface area (Å²) in [6.07, 6.45) is 14.4. The Kier molecular flexibility index (Phi) is 2.33. The molecule has 0 saturated carbocycles. The van der Waals surface area contributed by atoms with E-state index in [9.17, 15) is 5.11 Å². The molecule has 2 heteroatoms. The fourth-order valence-electron chi connectivity index (χ4n) is 2.21. The molecule has 1 unspecified atom stereocenters. The predicted molar refractivity (Wildman–Crippen MR) is 69.9 cm³/mol. The average Bonchev–Trinajstić information content (AvgIpc) is 2.39. The summed E-state index contributed by atoms with van der Waals surface area (Å²) in [7, 11) is 0. The second-order valence-corrected chi connectivity index (χ2v) is 4.09. The number of rotatable bonds is 1. The minimum atomic E-state index is 0.179. The molecule has 2 aliphatic rings. The molecule has 0 bridgehead atoms. The Hall–Kier alpha value is -2.22. The van der Waals surface area contributed by atoms with Crippen LogP contribution >= 0.6 is 0 Å². The monoisotopic (exact) mass is 223 g/mol. The summed E-state index contributed by atoms with van der Waals surface area (Å²) in [5.41, 5.74) is 2.07. The summed E-state index contributed by atoms with van der Waals surface area (Å²) >= 11 is 0. The molecule has 0 spiro atoms. The van der Waals surface area contributed by atoms with Crippen LogP contribution in [0, 0.1) is 0 Å². The van der Waals surface area contributed by atoms with Crippen LogP contribution in [0.15, 0.2) is 72.5 Å². The summed E-state index contributed by atoms with van der Waals surface area (Å²) in [6, 6.07) is 7.58. The first-order valence-corrected chi connectivity index (χ1v) is 5.66. The van der Waals surface area contributed by atoms with Crippen molar-refractivity contribution >= 4 is 5.69 Å². The molecule has 0 radical (unpaired) electrons. The van der Waals surface area contributed by atoms with Gasteiger partial charge in [-0.05, 0) is 23.8 Å². The highest BCUT2D eigenvalue weighted by Gasteiger charge is 2.22. The fourth-order valence-corrected chi connectivity index (χ4v) is 2.21. The quantitative estimate of drug-likeness (QED) is 0.790. The first kappa shape index (κ1) is 9.97.